The molecule has 0 radical (unpaired) electrons. The fourth-order valence-corrected chi connectivity index (χ4v) is 1.94. The number of aryl methyl sites for hydroxylation is 2. The summed E-state index contributed by atoms with van der Waals surface area (Å²) in [7, 11) is 0. The summed E-state index contributed by atoms with van der Waals surface area (Å²) in [5, 5.41) is 6.20. The van der Waals surface area contributed by atoms with Crippen LogP contribution in [0.2, 0.25) is 5.02 Å². The van der Waals surface area contributed by atoms with Crippen molar-refractivity contribution >= 4 is 28.9 Å². The molecule has 0 heterocycles. The number of hydrogen-bond acceptors (Lipinski definition) is 2. The van der Waals surface area contributed by atoms with Crippen LogP contribution < -0.4 is 10.6 Å². The van der Waals surface area contributed by atoms with E-state index < -0.39 is 0 Å². The maximum atomic E-state index is 13.4. The van der Waals surface area contributed by atoms with Gasteiger partial charge in [-0.1, -0.05) is 23.7 Å². The third-order valence-electron chi connectivity index (χ3n) is 3.08. The van der Waals surface area contributed by atoms with Gasteiger partial charge in [-0.3, -0.25) is 4.79 Å². The van der Waals surface area contributed by atoms with Gasteiger partial charge in [0.15, 0.2) is 0 Å². The van der Waals surface area contributed by atoms with Gasteiger partial charge in [0.05, 0.1) is 6.54 Å². The van der Waals surface area contributed by atoms with E-state index in [4.69, 9.17) is 11.6 Å². The smallest absolute Gasteiger partial charge is 0.243 e. The van der Waals surface area contributed by atoms with Crippen molar-refractivity contribution in [2.45, 2.75) is 13.8 Å². The fraction of sp³-hybridized carbons (Fsp3) is 0.188. The molecule has 0 aliphatic heterocycles. The minimum Gasteiger partial charge on any atom is -0.376 e. The molecule has 2 aromatic rings. The lowest BCUT2D eigenvalue weighted by atomic mass is 10.2. The lowest BCUT2D eigenvalue weighted by molar-refractivity contribution is -0.114. The van der Waals surface area contributed by atoms with Crippen LogP contribution in [0, 0.1) is 19.7 Å². The summed E-state index contributed by atoms with van der Waals surface area (Å²) in [6, 6.07) is 10.1. The summed E-state index contributed by atoms with van der Waals surface area (Å²) in [4.78, 5) is 11.8. The molecule has 0 aliphatic rings. The van der Waals surface area contributed by atoms with E-state index >= 15 is 0 Å². The maximum absolute atomic E-state index is 13.4. The molecule has 3 nitrogen and oxygen atoms in total. The molecule has 110 valence electrons. The average molecular weight is 307 g/mol. The first-order chi connectivity index (χ1) is 9.95. The molecule has 2 N–H and O–H groups in total. The van der Waals surface area contributed by atoms with Crippen molar-refractivity contribution in [2.75, 3.05) is 17.2 Å². The Morgan fingerprint density at radius 3 is 2.43 bits per heavy atom. The Hall–Kier alpha value is -2.07. The van der Waals surface area contributed by atoms with Crippen molar-refractivity contribution < 1.29 is 9.18 Å². The van der Waals surface area contributed by atoms with Crippen molar-refractivity contribution in [1.29, 1.82) is 0 Å². The number of anilines is 2. The summed E-state index contributed by atoms with van der Waals surface area (Å²) in [6.45, 7) is 3.63. The largest absolute Gasteiger partial charge is 0.376 e. The Morgan fingerprint density at radius 1 is 1.10 bits per heavy atom. The van der Waals surface area contributed by atoms with Gasteiger partial charge in [-0.25, -0.2) is 4.39 Å². The van der Waals surface area contributed by atoms with Crippen molar-refractivity contribution in [1.82, 2.24) is 0 Å². The van der Waals surface area contributed by atoms with Gasteiger partial charge in [0.2, 0.25) is 5.91 Å². The number of carbonyl (C=O) groups excluding carboxylic acids is 1. The number of rotatable bonds is 4. The number of benzene rings is 2. The highest BCUT2D eigenvalue weighted by Crippen LogP contribution is 2.20. The molecule has 0 saturated heterocycles. The Bertz CT molecular complexity index is 673. The van der Waals surface area contributed by atoms with Gasteiger partial charge in [0, 0.05) is 16.4 Å². The summed E-state index contributed by atoms with van der Waals surface area (Å²) in [6.07, 6.45) is 0. The van der Waals surface area contributed by atoms with Crippen LogP contribution in [-0.4, -0.2) is 12.5 Å². The zero-order valence-electron chi connectivity index (χ0n) is 11.8. The quantitative estimate of drug-likeness (QED) is 0.891. The van der Waals surface area contributed by atoms with Gasteiger partial charge in [0.25, 0.3) is 0 Å². The fourth-order valence-electron chi connectivity index (χ4n) is 1.76. The first kappa shape index (κ1) is 15.3. The molecule has 0 spiro atoms. The average Bonchev–Trinajstić information content (AvgIpc) is 2.44. The van der Waals surface area contributed by atoms with Crippen molar-refractivity contribution in [3.05, 3.63) is 58.4 Å². The van der Waals surface area contributed by atoms with E-state index in [-0.39, 0.29) is 18.3 Å². The van der Waals surface area contributed by atoms with Crippen molar-refractivity contribution in [2.24, 2.45) is 0 Å². The van der Waals surface area contributed by atoms with E-state index in [0.29, 0.717) is 22.0 Å². The molecule has 2 rings (SSSR count). The number of carbonyl (C=O) groups is 1. The van der Waals surface area contributed by atoms with Crippen LogP contribution in [0.5, 0.6) is 0 Å². The minimum absolute atomic E-state index is 0.0496. The molecule has 0 saturated carbocycles. The number of halogens is 2. The van der Waals surface area contributed by atoms with Crippen LogP contribution in [0.4, 0.5) is 15.8 Å². The Labute approximate surface area is 128 Å². The number of amides is 1. The predicted molar refractivity (Wildman–Crippen MR) is 84.4 cm³/mol. The summed E-state index contributed by atoms with van der Waals surface area (Å²) in [5.74, 6) is -0.526. The molecular weight excluding hydrogens is 291 g/mol. The Kier molecular flexibility index (Phi) is 4.81. The van der Waals surface area contributed by atoms with E-state index in [9.17, 15) is 9.18 Å². The lowest BCUT2D eigenvalue weighted by Crippen LogP contribution is -2.21. The van der Waals surface area contributed by atoms with Crippen LogP contribution in [0.25, 0.3) is 0 Å². The topological polar surface area (TPSA) is 41.1 Å². The standard InChI is InChI=1S/C16H16ClFN2O/c1-10-3-6-13(7-14(10)17)20-16(21)9-19-12-5-4-11(2)15(18)8-12/h3-8,19H,9H2,1-2H3,(H,20,21). The lowest BCUT2D eigenvalue weighted by Gasteiger charge is -2.09. The normalized spacial score (nSPS) is 10.3. The van der Waals surface area contributed by atoms with Crippen LogP contribution in [0.15, 0.2) is 36.4 Å². The molecule has 0 unspecified atom stereocenters. The highest BCUT2D eigenvalue weighted by atomic mass is 35.5. The predicted octanol–water partition coefficient (Wildman–Crippen LogP) is 4.15. The molecule has 0 atom stereocenters. The molecule has 0 fully saturated rings. The highest BCUT2D eigenvalue weighted by molar-refractivity contribution is 6.31. The minimum atomic E-state index is -0.300. The molecule has 0 aliphatic carbocycles. The third-order valence-corrected chi connectivity index (χ3v) is 3.49. The highest BCUT2D eigenvalue weighted by Gasteiger charge is 2.05. The van der Waals surface area contributed by atoms with Gasteiger partial charge >= 0.3 is 0 Å². The molecular formula is C16H16ClFN2O. The first-order valence-electron chi connectivity index (χ1n) is 6.52. The van der Waals surface area contributed by atoms with E-state index in [0.717, 1.165) is 5.56 Å². The Morgan fingerprint density at radius 2 is 1.76 bits per heavy atom. The number of hydrogen-bond donors (Lipinski definition) is 2. The van der Waals surface area contributed by atoms with Gasteiger partial charge in [-0.2, -0.15) is 0 Å². The van der Waals surface area contributed by atoms with E-state index in [1.54, 1.807) is 31.2 Å². The molecule has 2 aromatic carbocycles. The monoisotopic (exact) mass is 306 g/mol. The zero-order valence-corrected chi connectivity index (χ0v) is 12.6. The second-order valence-electron chi connectivity index (χ2n) is 4.83. The van der Waals surface area contributed by atoms with E-state index in [1.165, 1.54) is 6.07 Å². The van der Waals surface area contributed by atoms with Crippen molar-refractivity contribution in [3.8, 4) is 0 Å². The molecule has 0 bridgehead atoms. The second kappa shape index (κ2) is 6.59. The molecule has 5 heteroatoms. The van der Waals surface area contributed by atoms with Gasteiger partial charge in [-0.05, 0) is 49.2 Å². The van der Waals surface area contributed by atoms with Crippen LogP contribution in [0.3, 0.4) is 0 Å². The van der Waals surface area contributed by atoms with E-state index in [2.05, 4.69) is 10.6 Å². The summed E-state index contributed by atoms with van der Waals surface area (Å²) in [5.41, 5.74) is 2.71. The summed E-state index contributed by atoms with van der Waals surface area (Å²) >= 11 is 5.99. The van der Waals surface area contributed by atoms with Gasteiger partial charge < -0.3 is 10.6 Å². The Balaban J connectivity index is 1.92. The zero-order chi connectivity index (χ0) is 15.4. The van der Waals surface area contributed by atoms with Gasteiger partial charge in [-0.15, -0.1) is 0 Å². The first-order valence-corrected chi connectivity index (χ1v) is 6.89. The molecule has 21 heavy (non-hydrogen) atoms. The molecule has 0 aromatic heterocycles. The van der Waals surface area contributed by atoms with Crippen LogP contribution >= 0.6 is 11.6 Å². The van der Waals surface area contributed by atoms with Crippen LogP contribution in [0.1, 0.15) is 11.1 Å². The van der Waals surface area contributed by atoms with Crippen LogP contribution in [-0.2, 0) is 4.79 Å². The third kappa shape index (κ3) is 4.20. The number of nitrogens with one attached hydrogen (secondary N) is 2. The summed E-state index contributed by atoms with van der Waals surface area (Å²) < 4.78 is 13.4. The van der Waals surface area contributed by atoms with Crippen molar-refractivity contribution in [3.63, 3.8) is 0 Å². The SMILES string of the molecule is Cc1ccc(NCC(=O)Nc2ccc(C)c(Cl)c2)cc1F. The molecule has 1 amide bonds. The van der Waals surface area contributed by atoms with E-state index in [1.807, 2.05) is 13.0 Å². The second-order valence-corrected chi connectivity index (χ2v) is 5.24. The van der Waals surface area contributed by atoms with Gasteiger partial charge in [0.1, 0.15) is 5.82 Å². The maximum Gasteiger partial charge on any atom is 0.243 e.